The smallest absolute Gasteiger partial charge is 0.119 e. The Labute approximate surface area is 83.6 Å². The molecule has 0 saturated carbocycles. The van der Waals surface area contributed by atoms with Crippen molar-refractivity contribution in [1.82, 2.24) is 0 Å². The topological polar surface area (TPSA) is 69.1 Å². The average Bonchev–Trinajstić information content (AvgIpc) is 2.43. The number of carbonyl (C=O) groups excluding carboxylic acids is 1. The summed E-state index contributed by atoms with van der Waals surface area (Å²) in [6, 6.07) is 0.322. The summed E-state index contributed by atoms with van der Waals surface area (Å²) < 4.78 is 0. The maximum absolute atomic E-state index is 10.1. The van der Waals surface area contributed by atoms with E-state index in [1.807, 2.05) is 11.8 Å². The monoisotopic (exact) mass is 202 g/mol. The summed E-state index contributed by atoms with van der Waals surface area (Å²) in [6.07, 6.45) is 4.85. The van der Waals surface area contributed by atoms with E-state index < -0.39 is 0 Å². The maximum atomic E-state index is 10.1. The lowest BCUT2D eigenvalue weighted by Crippen LogP contribution is -2.43. The summed E-state index contributed by atoms with van der Waals surface area (Å²) in [5.41, 5.74) is 11.7. The number of aldehydes is 1. The first-order valence-electron chi connectivity index (χ1n) is 4.82. The number of hydrogen-bond acceptors (Lipinski definition) is 4. The molecule has 1 heterocycles. The third-order valence-electron chi connectivity index (χ3n) is 2.49. The van der Waals surface area contributed by atoms with Gasteiger partial charge < -0.3 is 16.3 Å². The summed E-state index contributed by atoms with van der Waals surface area (Å²) >= 11 is 1.88. The normalized spacial score (nSPS) is 33.5. The average molecular weight is 202 g/mol. The van der Waals surface area contributed by atoms with Gasteiger partial charge in [-0.05, 0) is 12.8 Å². The fourth-order valence-corrected chi connectivity index (χ4v) is 3.03. The Morgan fingerprint density at radius 1 is 1.38 bits per heavy atom. The lowest BCUT2D eigenvalue weighted by molar-refractivity contribution is -0.107. The molecule has 0 amide bonds. The van der Waals surface area contributed by atoms with Crippen molar-refractivity contribution < 1.29 is 4.79 Å². The second-order valence-electron chi connectivity index (χ2n) is 3.56. The van der Waals surface area contributed by atoms with Crippen molar-refractivity contribution >= 4 is 18.0 Å². The minimum absolute atomic E-state index is 0.154. The molecule has 0 bridgehead atoms. The van der Waals surface area contributed by atoms with Crippen molar-refractivity contribution in [2.45, 2.75) is 43.0 Å². The zero-order valence-electron chi connectivity index (χ0n) is 7.82. The molecule has 0 aromatic carbocycles. The van der Waals surface area contributed by atoms with E-state index in [0.717, 1.165) is 31.3 Å². The van der Waals surface area contributed by atoms with Crippen LogP contribution in [0.2, 0.25) is 0 Å². The van der Waals surface area contributed by atoms with Gasteiger partial charge >= 0.3 is 0 Å². The van der Waals surface area contributed by atoms with Crippen molar-refractivity contribution in [3.05, 3.63) is 0 Å². The Balaban J connectivity index is 2.11. The SMILES string of the molecule is NC1CSC(CCCCC=O)C1N. The molecule has 0 aromatic rings. The van der Waals surface area contributed by atoms with E-state index in [0.29, 0.717) is 11.7 Å². The van der Waals surface area contributed by atoms with E-state index in [9.17, 15) is 4.79 Å². The van der Waals surface area contributed by atoms with E-state index in [1.54, 1.807) is 0 Å². The third-order valence-corrected chi connectivity index (χ3v) is 4.04. The van der Waals surface area contributed by atoms with Gasteiger partial charge in [-0.15, -0.1) is 0 Å². The standard InChI is InChI=1S/C9H18N2OS/c10-7-6-13-8(9(7)11)4-2-1-3-5-12/h5,7-9H,1-4,6,10-11H2. The minimum Gasteiger partial charge on any atom is -0.326 e. The number of thioether (sulfide) groups is 1. The third kappa shape index (κ3) is 3.29. The van der Waals surface area contributed by atoms with Crippen LogP contribution in [0.3, 0.4) is 0 Å². The number of unbranched alkanes of at least 4 members (excludes halogenated alkanes) is 2. The molecule has 3 unspecified atom stereocenters. The fourth-order valence-electron chi connectivity index (χ4n) is 1.58. The number of carbonyl (C=O) groups is 1. The first-order valence-corrected chi connectivity index (χ1v) is 5.87. The van der Waals surface area contributed by atoms with Crippen molar-refractivity contribution in [2.75, 3.05) is 5.75 Å². The summed E-state index contributed by atoms with van der Waals surface area (Å²) in [5, 5.41) is 0.515. The van der Waals surface area contributed by atoms with Gasteiger partial charge in [0, 0.05) is 29.5 Å². The van der Waals surface area contributed by atoms with Gasteiger partial charge in [0.05, 0.1) is 0 Å². The summed E-state index contributed by atoms with van der Waals surface area (Å²) in [6.45, 7) is 0. The fraction of sp³-hybridized carbons (Fsp3) is 0.889. The highest BCUT2D eigenvalue weighted by Gasteiger charge is 2.30. The van der Waals surface area contributed by atoms with Crippen LogP contribution in [0.1, 0.15) is 25.7 Å². The molecule has 0 aliphatic carbocycles. The first kappa shape index (κ1) is 11.0. The van der Waals surface area contributed by atoms with Gasteiger partial charge in [-0.25, -0.2) is 0 Å². The minimum atomic E-state index is 0.154. The second kappa shape index (κ2) is 5.62. The predicted octanol–water partition coefficient (Wildman–Crippen LogP) is 0.516. The van der Waals surface area contributed by atoms with E-state index >= 15 is 0 Å². The molecule has 1 saturated heterocycles. The zero-order valence-corrected chi connectivity index (χ0v) is 8.63. The molecular formula is C9H18N2OS. The van der Waals surface area contributed by atoms with Crippen molar-refractivity contribution in [3.8, 4) is 0 Å². The highest BCUT2D eigenvalue weighted by Crippen LogP contribution is 2.28. The Hall–Kier alpha value is -0.0600. The molecule has 3 atom stereocenters. The van der Waals surface area contributed by atoms with Crippen LogP contribution in [0.25, 0.3) is 0 Å². The van der Waals surface area contributed by atoms with Crippen LogP contribution in [0.4, 0.5) is 0 Å². The van der Waals surface area contributed by atoms with Gasteiger partial charge in [0.25, 0.3) is 0 Å². The number of rotatable bonds is 5. The van der Waals surface area contributed by atoms with Crippen LogP contribution in [-0.4, -0.2) is 29.4 Å². The molecular weight excluding hydrogens is 184 g/mol. The molecule has 76 valence electrons. The van der Waals surface area contributed by atoms with Crippen LogP contribution in [-0.2, 0) is 4.79 Å². The van der Waals surface area contributed by atoms with Crippen LogP contribution < -0.4 is 11.5 Å². The van der Waals surface area contributed by atoms with Crippen molar-refractivity contribution in [1.29, 1.82) is 0 Å². The molecule has 3 nitrogen and oxygen atoms in total. The van der Waals surface area contributed by atoms with Crippen LogP contribution in [0, 0.1) is 0 Å². The Morgan fingerprint density at radius 2 is 2.15 bits per heavy atom. The molecule has 1 rings (SSSR count). The highest BCUT2D eigenvalue weighted by molar-refractivity contribution is 8.00. The van der Waals surface area contributed by atoms with Crippen molar-refractivity contribution in [2.24, 2.45) is 11.5 Å². The molecule has 0 aromatic heterocycles. The molecule has 0 radical (unpaired) electrons. The van der Waals surface area contributed by atoms with Crippen molar-refractivity contribution in [3.63, 3.8) is 0 Å². The van der Waals surface area contributed by atoms with Gasteiger partial charge in [0.15, 0.2) is 0 Å². The molecule has 1 aliphatic rings. The quantitative estimate of drug-likeness (QED) is 0.503. The van der Waals surface area contributed by atoms with Crippen LogP contribution in [0.5, 0.6) is 0 Å². The highest BCUT2D eigenvalue weighted by atomic mass is 32.2. The van der Waals surface area contributed by atoms with Gasteiger partial charge in [0.2, 0.25) is 0 Å². The maximum Gasteiger partial charge on any atom is 0.119 e. The molecule has 4 heteroatoms. The number of nitrogens with two attached hydrogens (primary N) is 2. The van der Waals surface area contributed by atoms with E-state index in [2.05, 4.69) is 0 Å². The Kier molecular flexibility index (Phi) is 4.77. The predicted molar refractivity (Wildman–Crippen MR) is 56.7 cm³/mol. The van der Waals surface area contributed by atoms with Gasteiger partial charge in [-0.2, -0.15) is 11.8 Å². The molecule has 4 N–H and O–H groups in total. The Bertz CT molecular complexity index is 166. The molecule has 13 heavy (non-hydrogen) atoms. The van der Waals surface area contributed by atoms with Gasteiger partial charge in [0.1, 0.15) is 6.29 Å². The van der Waals surface area contributed by atoms with E-state index in [4.69, 9.17) is 11.5 Å². The Morgan fingerprint density at radius 3 is 2.69 bits per heavy atom. The van der Waals surface area contributed by atoms with Crippen LogP contribution in [0.15, 0.2) is 0 Å². The first-order chi connectivity index (χ1) is 6.25. The summed E-state index contributed by atoms with van der Waals surface area (Å²) in [7, 11) is 0. The van der Waals surface area contributed by atoms with E-state index in [-0.39, 0.29) is 12.1 Å². The van der Waals surface area contributed by atoms with Gasteiger partial charge in [-0.1, -0.05) is 6.42 Å². The second-order valence-corrected chi connectivity index (χ2v) is 4.84. The zero-order chi connectivity index (χ0) is 9.68. The molecule has 1 fully saturated rings. The molecule has 0 spiro atoms. The number of hydrogen-bond donors (Lipinski definition) is 2. The van der Waals surface area contributed by atoms with E-state index in [1.165, 1.54) is 0 Å². The van der Waals surface area contributed by atoms with Crippen LogP contribution >= 0.6 is 11.8 Å². The summed E-state index contributed by atoms with van der Waals surface area (Å²) in [4.78, 5) is 10.1. The largest absolute Gasteiger partial charge is 0.326 e. The van der Waals surface area contributed by atoms with Gasteiger partial charge in [-0.3, -0.25) is 0 Å². The molecule has 1 aliphatic heterocycles. The summed E-state index contributed by atoms with van der Waals surface area (Å²) in [5.74, 6) is 0.986. The lowest BCUT2D eigenvalue weighted by atomic mass is 10.0. The lowest BCUT2D eigenvalue weighted by Gasteiger charge is -2.16.